The van der Waals surface area contributed by atoms with Crippen LogP contribution in [0.4, 0.5) is 0 Å². The van der Waals surface area contributed by atoms with Crippen LogP contribution in [-0.4, -0.2) is 22.2 Å². The molecule has 1 heterocycles. The van der Waals surface area contributed by atoms with Crippen LogP contribution in [-0.2, 0) is 4.84 Å². The van der Waals surface area contributed by atoms with Gasteiger partial charge in [-0.1, -0.05) is 19.3 Å². The van der Waals surface area contributed by atoms with Crippen molar-refractivity contribution in [3.63, 3.8) is 0 Å². The average molecular weight is 278 g/mol. The van der Waals surface area contributed by atoms with Gasteiger partial charge >= 0.3 is 0 Å². The number of hydrogen-bond donors (Lipinski definition) is 0. The SMILES string of the molecule is CC(ON1C(C)(C)CC(C#N)C1(C)C)C1CCCCC1. The summed E-state index contributed by atoms with van der Waals surface area (Å²) in [4.78, 5) is 6.40. The number of rotatable bonds is 3. The van der Waals surface area contributed by atoms with Crippen LogP contribution in [0.15, 0.2) is 0 Å². The quantitative estimate of drug-likeness (QED) is 0.772. The number of nitrogens with zero attached hydrogens (tertiary/aromatic N) is 2. The molecule has 3 heteroatoms. The molecule has 0 aromatic rings. The highest BCUT2D eigenvalue weighted by atomic mass is 16.7. The summed E-state index contributed by atoms with van der Waals surface area (Å²) in [6.45, 7) is 10.9. The van der Waals surface area contributed by atoms with E-state index in [4.69, 9.17) is 4.84 Å². The van der Waals surface area contributed by atoms with Crippen LogP contribution < -0.4 is 0 Å². The van der Waals surface area contributed by atoms with E-state index in [1.165, 1.54) is 32.1 Å². The number of hydrogen-bond acceptors (Lipinski definition) is 3. The van der Waals surface area contributed by atoms with E-state index in [1.54, 1.807) is 0 Å². The van der Waals surface area contributed by atoms with E-state index in [0.717, 1.165) is 6.42 Å². The van der Waals surface area contributed by atoms with Gasteiger partial charge in [0.2, 0.25) is 0 Å². The van der Waals surface area contributed by atoms with Gasteiger partial charge in [0.15, 0.2) is 0 Å². The van der Waals surface area contributed by atoms with E-state index in [-0.39, 0.29) is 23.1 Å². The Morgan fingerprint density at radius 1 is 1.15 bits per heavy atom. The Morgan fingerprint density at radius 3 is 2.25 bits per heavy atom. The lowest BCUT2D eigenvalue weighted by atomic mass is 9.86. The summed E-state index contributed by atoms with van der Waals surface area (Å²) in [6, 6.07) is 2.47. The Hall–Kier alpha value is -0.590. The molecule has 1 saturated heterocycles. The van der Waals surface area contributed by atoms with Crippen LogP contribution in [0.3, 0.4) is 0 Å². The highest BCUT2D eigenvalue weighted by molar-refractivity contribution is 5.10. The molecule has 0 aromatic carbocycles. The van der Waals surface area contributed by atoms with Crippen molar-refractivity contribution in [2.75, 3.05) is 0 Å². The first-order chi connectivity index (χ1) is 9.29. The molecular formula is C17H30N2O. The molecule has 1 aliphatic carbocycles. The van der Waals surface area contributed by atoms with Gasteiger partial charge in [-0.3, -0.25) is 4.84 Å². The van der Waals surface area contributed by atoms with E-state index >= 15 is 0 Å². The third-order valence-electron chi connectivity index (χ3n) is 5.37. The van der Waals surface area contributed by atoms with Crippen LogP contribution in [0.25, 0.3) is 0 Å². The zero-order valence-electron chi connectivity index (χ0n) is 13.8. The van der Waals surface area contributed by atoms with Crippen molar-refractivity contribution < 1.29 is 4.84 Å². The van der Waals surface area contributed by atoms with Crippen molar-refractivity contribution >= 4 is 0 Å². The van der Waals surface area contributed by atoms with E-state index in [0.29, 0.717) is 5.92 Å². The Balaban J connectivity index is 2.08. The Kier molecular flexibility index (Phi) is 4.47. The van der Waals surface area contributed by atoms with Crippen LogP contribution in [0.2, 0.25) is 0 Å². The molecule has 0 amide bonds. The molecule has 0 bridgehead atoms. The van der Waals surface area contributed by atoms with E-state index in [1.807, 2.05) is 0 Å². The van der Waals surface area contributed by atoms with Crippen molar-refractivity contribution in [3.05, 3.63) is 0 Å². The molecule has 1 saturated carbocycles. The predicted molar refractivity (Wildman–Crippen MR) is 80.8 cm³/mol. The fraction of sp³-hybridized carbons (Fsp3) is 0.941. The minimum Gasteiger partial charge on any atom is -0.295 e. The fourth-order valence-corrected chi connectivity index (χ4v) is 4.09. The van der Waals surface area contributed by atoms with Crippen molar-refractivity contribution in [3.8, 4) is 6.07 Å². The van der Waals surface area contributed by atoms with Gasteiger partial charge in [-0.2, -0.15) is 10.3 Å². The number of hydroxylamine groups is 2. The summed E-state index contributed by atoms with van der Waals surface area (Å²) >= 11 is 0. The topological polar surface area (TPSA) is 36.3 Å². The van der Waals surface area contributed by atoms with Crippen LogP contribution >= 0.6 is 0 Å². The monoisotopic (exact) mass is 278 g/mol. The Bertz CT molecular complexity index is 377. The van der Waals surface area contributed by atoms with E-state index in [2.05, 4.69) is 45.8 Å². The van der Waals surface area contributed by atoms with Gasteiger partial charge in [-0.25, -0.2) is 0 Å². The van der Waals surface area contributed by atoms with Crippen LogP contribution in [0.5, 0.6) is 0 Å². The summed E-state index contributed by atoms with van der Waals surface area (Å²) in [5, 5.41) is 11.5. The molecule has 2 fully saturated rings. The standard InChI is InChI=1S/C17H30N2O/c1-13(14-9-7-6-8-10-14)20-19-16(2,3)11-15(12-18)17(19,4)5/h13-15H,6-11H2,1-5H3. The first-order valence-corrected chi connectivity index (χ1v) is 8.16. The lowest BCUT2D eigenvalue weighted by molar-refractivity contribution is -0.278. The third kappa shape index (κ3) is 2.87. The van der Waals surface area contributed by atoms with Gasteiger partial charge in [0.05, 0.1) is 23.6 Å². The summed E-state index contributed by atoms with van der Waals surface area (Å²) in [7, 11) is 0. The lowest BCUT2D eigenvalue weighted by Gasteiger charge is -2.42. The molecule has 2 aliphatic rings. The second-order valence-electron chi connectivity index (χ2n) is 7.85. The molecule has 1 aliphatic heterocycles. The van der Waals surface area contributed by atoms with E-state index in [9.17, 15) is 5.26 Å². The van der Waals surface area contributed by atoms with Gasteiger partial charge in [-0.05, 0) is 59.8 Å². The molecular weight excluding hydrogens is 248 g/mol. The van der Waals surface area contributed by atoms with Crippen molar-refractivity contribution in [1.82, 2.24) is 5.06 Å². The molecule has 2 unspecified atom stereocenters. The summed E-state index contributed by atoms with van der Waals surface area (Å²) in [5.41, 5.74) is -0.270. The molecule has 2 rings (SSSR count). The minimum atomic E-state index is -0.207. The molecule has 0 radical (unpaired) electrons. The molecule has 114 valence electrons. The fourth-order valence-electron chi connectivity index (χ4n) is 4.09. The highest BCUT2D eigenvalue weighted by Crippen LogP contribution is 2.45. The molecule has 0 aromatic heterocycles. The maximum atomic E-state index is 9.40. The molecule has 2 atom stereocenters. The molecule has 20 heavy (non-hydrogen) atoms. The molecule has 0 N–H and O–H groups in total. The maximum absolute atomic E-state index is 9.40. The maximum Gasteiger partial charge on any atom is 0.0793 e. The molecule has 0 spiro atoms. The number of nitriles is 1. The molecule has 3 nitrogen and oxygen atoms in total. The van der Waals surface area contributed by atoms with Crippen LogP contribution in [0, 0.1) is 23.2 Å². The zero-order valence-corrected chi connectivity index (χ0v) is 13.8. The van der Waals surface area contributed by atoms with Crippen molar-refractivity contribution in [2.45, 2.75) is 90.3 Å². The average Bonchev–Trinajstić information content (AvgIpc) is 2.58. The second kappa shape index (κ2) is 5.66. The van der Waals surface area contributed by atoms with Crippen molar-refractivity contribution in [1.29, 1.82) is 5.26 Å². The third-order valence-corrected chi connectivity index (χ3v) is 5.37. The second-order valence-corrected chi connectivity index (χ2v) is 7.85. The zero-order chi connectivity index (χ0) is 15.0. The summed E-state index contributed by atoms with van der Waals surface area (Å²) < 4.78 is 0. The Morgan fingerprint density at radius 2 is 1.75 bits per heavy atom. The highest BCUT2D eigenvalue weighted by Gasteiger charge is 2.53. The van der Waals surface area contributed by atoms with Crippen LogP contribution in [0.1, 0.15) is 73.1 Å². The van der Waals surface area contributed by atoms with Gasteiger partial charge in [0.1, 0.15) is 0 Å². The summed E-state index contributed by atoms with van der Waals surface area (Å²) in [5.74, 6) is 0.715. The van der Waals surface area contributed by atoms with E-state index < -0.39 is 0 Å². The first kappa shape index (κ1) is 15.8. The van der Waals surface area contributed by atoms with Gasteiger partial charge in [-0.15, -0.1) is 0 Å². The lowest BCUT2D eigenvalue weighted by Crippen LogP contribution is -2.51. The normalized spacial score (nSPS) is 31.9. The van der Waals surface area contributed by atoms with Gasteiger partial charge in [0, 0.05) is 5.54 Å². The largest absolute Gasteiger partial charge is 0.295 e. The van der Waals surface area contributed by atoms with Gasteiger partial charge in [0.25, 0.3) is 0 Å². The minimum absolute atomic E-state index is 0.0380. The van der Waals surface area contributed by atoms with Crippen molar-refractivity contribution in [2.24, 2.45) is 11.8 Å². The summed E-state index contributed by atoms with van der Waals surface area (Å²) in [6.07, 6.45) is 7.77. The first-order valence-electron chi connectivity index (χ1n) is 8.16. The predicted octanol–water partition coefficient (Wildman–Crippen LogP) is 4.29. The van der Waals surface area contributed by atoms with Gasteiger partial charge < -0.3 is 0 Å². The smallest absolute Gasteiger partial charge is 0.0793 e. The Labute approximate surface area is 124 Å².